The highest BCUT2D eigenvalue weighted by molar-refractivity contribution is 6.02. The Balaban J connectivity index is 1.64. The Morgan fingerprint density at radius 1 is 1.15 bits per heavy atom. The second-order valence-electron chi connectivity index (χ2n) is 6.07. The molecule has 0 aliphatic carbocycles. The summed E-state index contributed by atoms with van der Waals surface area (Å²) in [5.41, 5.74) is 5.08. The Morgan fingerprint density at radius 2 is 1.96 bits per heavy atom. The third kappa shape index (κ3) is 4.00. The molecule has 5 heteroatoms. The largest absolute Gasteiger partial charge is 0.507 e. The lowest BCUT2D eigenvalue weighted by atomic mass is 10.0. The van der Waals surface area contributed by atoms with Gasteiger partial charge in [-0.25, -0.2) is 5.43 Å². The van der Waals surface area contributed by atoms with Gasteiger partial charge in [-0.3, -0.25) is 4.79 Å². The Morgan fingerprint density at radius 3 is 2.77 bits per heavy atom. The molecule has 0 aromatic heterocycles. The van der Waals surface area contributed by atoms with Crippen LogP contribution in [0.15, 0.2) is 59.7 Å². The first-order chi connectivity index (χ1) is 12.5. The number of ether oxygens (including phenoxy) is 1. The lowest BCUT2D eigenvalue weighted by molar-refractivity contribution is -0.123. The lowest BCUT2D eigenvalue weighted by Gasteiger charge is -2.08. The maximum absolute atomic E-state index is 11.9. The van der Waals surface area contributed by atoms with Crippen molar-refractivity contribution in [2.75, 3.05) is 6.61 Å². The van der Waals surface area contributed by atoms with Crippen LogP contribution >= 0.6 is 0 Å². The van der Waals surface area contributed by atoms with Gasteiger partial charge in [0.05, 0.1) is 6.21 Å². The molecule has 0 aliphatic heterocycles. The van der Waals surface area contributed by atoms with Crippen molar-refractivity contribution in [2.45, 2.75) is 13.8 Å². The maximum atomic E-state index is 11.9. The summed E-state index contributed by atoms with van der Waals surface area (Å²) in [6.45, 7) is 3.80. The second kappa shape index (κ2) is 7.70. The van der Waals surface area contributed by atoms with Gasteiger partial charge < -0.3 is 9.84 Å². The molecule has 0 bridgehead atoms. The van der Waals surface area contributed by atoms with Crippen molar-refractivity contribution in [1.82, 2.24) is 5.43 Å². The van der Waals surface area contributed by atoms with Crippen LogP contribution in [0.1, 0.15) is 16.7 Å². The average Bonchev–Trinajstić information content (AvgIpc) is 2.63. The highest BCUT2D eigenvalue weighted by atomic mass is 16.5. The Hall–Kier alpha value is -3.34. The SMILES string of the molecule is Cc1ccc(OCC(=O)NN=Cc2c(O)ccc3ccccc23)c(C)c1. The van der Waals surface area contributed by atoms with Crippen LogP contribution in [0.5, 0.6) is 11.5 Å². The number of aryl methyl sites for hydroxylation is 2. The summed E-state index contributed by atoms with van der Waals surface area (Å²) in [6.07, 6.45) is 1.44. The third-order valence-corrected chi connectivity index (χ3v) is 4.02. The molecule has 0 saturated carbocycles. The fourth-order valence-corrected chi connectivity index (χ4v) is 2.73. The molecule has 0 aliphatic rings. The fraction of sp³-hybridized carbons (Fsp3) is 0.143. The minimum Gasteiger partial charge on any atom is -0.507 e. The number of hydrogen-bond donors (Lipinski definition) is 2. The summed E-state index contributed by atoms with van der Waals surface area (Å²) < 4.78 is 5.51. The summed E-state index contributed by atoms with van der Waals surface area (Å²) in [7, 11) is 0. The number of carbonyl (C=O) groups excluding carboxylic acids is 1. The van der Waals surface area contributed by atoms with Crippen molar-refractivity contribution < 1.29 is 14.6 Å². The summed E-state index contributed by atoms with van der Waals surface area (Å²) in [5, 5.41) is 15.8. The first-order valence-electron chi connectivity index (χ1n) is 8.27. The number of phenols is 1. The fourth-order valence-electron chi connectivity index (χ4n) is 2.73. The van der Waals surface area contributed by atoms with Crippen molar-refractivity contribution in [3.05, 3.63) is 71.3 Å². The summed E-state index contributed by atoms with van der Waals surface area (Å²) in [5.74, 6) is 0.399. The predicted octanol–water partition coefficient (Wildman–Crippen LogP) is 3.69. The highest BCUT2D eigenvalue weighted by Crippen LogP contribution is 2.25. The van der Waals surface area contributed by atoms with E-state index in [0.29, 0.717) is 11.3 Å². The molecule has 3 rings (SSSR count). The monoisotopic (exact) mass is 348 g/mol. The number of benzene rings is 3. The number of carbonyl (C=O) groups is 1. The van der Waals surface area contributed by atoms with E-state index >= 15 is 0 Å². The first-order valence-corrected chi connectivity index (χ1v) is 8.27. The molecule has 0 spiro atoms. The van der Waals surface area contributed by atoms with Gasteiger partial charge in [0, 0.05) is 5.56 Å². The standard InChI is InChI=1S/C21H20N2O3/c1-14-7-10-20(15(2)11-14)26-13-21(25)23-22-12-18-17-6-4-3-5-16(17)8-9-19(18)24/h3-12,24H,13H2,1-2H3,(H,23,25). The number of hydrazone groups is 1. The van der Waals surface area contributed by atoms with E-state index in [-0.39, 0.29) is 18.3 Å². The molecular weight excluding hydrogens is 328 g/mol. The number of phenolic OH excluding ortho intramolecular Hbond substituents is 1. The lowest BCUT2D eigenvalue weighted by Crippen LogP contribution is -2.24. The van der Waals surface area contributed by atoms with Gasteiger partial charge in [0.15, 0.2) is 6.61 Å². The number of nitrogens with zero attached hydrogens (tertiary/aromatic N) is 1. The van der Waals surface area contributed by atoms with E-state index in [1.165, 1.54) is 6.21 Å². The molecular formula is C21H20N2O3. The molecule has 0 fully saturated rings. The normalized spacial score (nSPS) is 11.0. The molecule has 26 heavy (non-hydrogen) atoms. The number of hydrogen-bond acceptors (Lipinski definition) is 4. The van der Waals surface area contributed by atoms with E-state index in [1.54, 1.807) is 6.07 Å². The van der Waals surface area contributed by atoms with Crippen LogP contribution in [0.25, 0.3) is 10.8 Å². The molecule has 0 atom stereocenters. The molecule has 0 radical (unpaired) electrons. The second-order valence-corrected chi connectivity index (χ2v) is 6.07. The number of rotatable bonds is 5. The average molecular weight is 348 g/mol. The van der Waals surface area contributed by atoms with Crippen LogP contribution in [-0.4, -0.2) is 23.8 Å². The Bertz CT molecular complexity index is 980. The molecule has 1 amide bonds. The molecule has 0 saturated heterocycles. The highest BCUT2D eigenvalue weighted by Gasteiger charge is 2.06. The predicted molar refractivity (Wildman–Crippen MR) is 103 cm³/mol. The van der Waals surface area contributed by atoms with E-state index in [0.717, 1.165) is 21.9 Å². The number of aromatic hydroxyl groups is 1. The van der Waals surface area contributed by atoms with Crippen molar-refractivity contribution in [3.8, 4) is 11.5 Å². The maximum Gasteiger partial charge on any atom is 0.277 e. The molecule has 132 valence electrons. The van der Waals surface area contributed by atoms with Crippen LogP contribution in [0.2, 0.25) is 0 Å². The summed E-state index contributed by atoms with van der Waals surface area (Å²) in [6, 6.07) is 16.9. The van der Waals surface area contributed by atoms with Crippen LogP contribution in [0.4, 0.5) is 0 Å². The van der Waals surface area contributed by atoms with Gasteiger partial charge in [-0.05, 0) is 42.3 Å². The Labute approximate surface area is 151 Å². The van der Waals surface area contributed by atoms with E-state index in [9.17, 15) is 9.90 Å². The zero-order valence-corrected chi connectivity index (χ0v) is 14.7. The van der Waals surface area contributed by atoms with Crippen molar-refractivity contribution in [2.24, 2.45) is 5.10 Å². The molecule has 3 aromatic carbocycles. The van der Waals surface area contributed by atoms with Gasteiger partial charge in [0.1, 0.15) is 11.5 Å². The van der Waals surface area contributed by atoms with Crippen molar-refractivity contribution in [3.63, 3.8) is 0 Å². The summed E-state index contributed by atoms with van der Waals surface area (Å²) in [4.78, 5) is 11.9. The van der Waals surface area contributed by atoms with Crippen molar-refractivity contribution >= 4 is 22.9 Å². The van der Waals surface area contributed by atoms with E-state index < -0.39 is 0 Å². The van der Waals surface area contributed by atoms with Gasteiger partial charge in [-0.15, -0.1) is 0 Å². The molecule has 2 N–H and O–H groups in total. The number of amides is 1. The van der Waals surface area contributed by atoms with Crippen LogP contribution in [0, 0.1) is 13.8 Å². The third-order valence-electron chi connectivity index (χ3n) is 4.02. The molecule has 0 unspecified atom stereocenters. The van der Waals surface area contributed by atoms with Gasteiger partial charge >= 0.3 is 0 Å². The minimum absolute atomic E-state index is 0.105. The smallest absolute Gasteiger partial charge is 0.277 e. The van der Waals surface area contributed by atoms with E-state index in [4.69, 9.17) is 4.74 Å². The van der Waals surface area contributed by atoms with Crippen molar-refractivity contribution in [1.29, 1.82) is 0 Å². The van der Waals surface area contributed by atoms with Gasteiger partial charge in [0.25, 0.3) is 5.91 Å². The molecule has 0 heterocycles. The van der Waals surface area contributed by atoms with E-state index in [2.05, 4.69) is 10.5 Å². The van der Waals surface area contributed by atoms with Crippen LogP contribution < -0.4 is 10.2 Å². The van der Waals surface area contributed by atoms with Gasteiger partial charge in [0.2, 0.25) is 0 Å². The topological polar surface area (TPSA) is 70.9 Å². The minimum atomic E-state index is -0.374. The van der Waals surface area contributed by atoms with Gasteiger partial charge in [-0.2, -0.15) is 5.10 Å². The van der Waals surface area contributed by atoms with Gasteiger partial charge in [-0.1, -0.05) is 48.0 Å². The molecule has 5 nitrogen and oxygen atoms in total. The van der Waals surface area contributed by atoms with Crippen LogP contribution in [0.3, 0.4) is 0 Å². The Kier molecular flexibility index (Phi) is 5.17. The summed E-state index contributed by atoms with van der Waals surface area (Å²) >= 11 is 0. The number of fused-ring (bicyclic) bond motifs is 1. The zero-order valence-electron chi connectivity index (χ0n) is 14.7. The number of nitrogens with one attached hydrogen (secondary N) is 1. The zero-order chi connectivity index (χ0) is 18.5. The molecule has 3 aromatic rings. The van der Waals surface area contributed by atoms with Crippen LogP contribution in [-0.2, 0) is 4.79 Å². The van der Waals surface area contributed by atoms with E-state index in [1.807, 2.05) is 62.4 Å². The quantitative estimate of drug-likeness (QED) is 0.546. The first kappa shape index (κ1) is 17.5.